The Hall–Kier alpha value is -3.43. The van der Waals surface area contributed by atoms with Gasteiger partial charge in [0.1, 0.15) is 0 Å². The molecule has 0 aliphatic heterocycles. The van der Waals surface area contributed by atoms with Gasteiger partial charge in [-0.25, -0.2) is 0 Å². The molecule has 0 N–H and O–H groups in total. The Balaban J connectivity index is 0.000000188. The van der Waals surface area contributed by atoms with Gasteiger partial charge < -0.3 is 0 Å². The molecule has 0 fully saturated rings. The number of benzene rings is 6. The summed E-state index contributed by atoms with van der Waals surface area (Å²) in [5.74, 6) is 0. The molecule has 0 radical (unpaired) electrons. The van der Waals surface area contributed by atoms with Crippen LogP contribution in [0.2, 0.25) is 13.1 Å². The summed E-state index contributed by atoms with van der Waals surface area (Å²) < 4.78 is 0. The number of halogens is 2. The van der Waals surface area contributed by atoms with E-state index in [1.54, 1.807) is 0 Å². The molecule has 0 aliphatic carbocycles. The van der Waals surface area contributed by atoms with Crippen molar-refractivity contribution < 1.29 is 19.2 Å². The zero-order chi connectivity index (χ0) is 32.0. The summed E-state index contributed by atoms with van der Waals surface area (Å²) in [7, 11) is 0. The van der Waals surface area contributed by atoms with Crippen LogP contribution in [0.1, 0.15) is 25.0 Å². The fourth-order valence-corrected chi connectivity index (χ4v) is 6.39. The Morgan fingerprint density at radius 1 is 0.458 bits per heavy atom. The first-order valence-electron chi connectivity index (χ1n) is 16.3. The van der Waals surface area contributed by atoms with Crippen molar-refractivity contribution in [2.45, 2.75) is 39.8 Å². The van der Waals surface area contributed by atoms with Crippen LogP contribution in [0.15, 0.2) is 146 Å². The smallest absolute Gasteiger partial charge is 0.147 e. The van der Waals surface area contributed by atoms with Gasteiger partial charge in [-0.05, 0) is 45.5 Å². The normalized spacial score (nSPS) is 10.5. The van der Waals surface area contributed by atoms with Crippen molar-refractivity contribution in [3.63, 3.8) is 0 Å². The monoisotopic (exact) mass is 716 g/mol. The van der Waals surface area contributed by atoms with Crippen molar-refractivity contribution in [2.24, 2.45) is 0 Å². The minimum Gasteiger partial charge on any atom is -0.147 e. The number of rotatable bonds is 4. The van der Waals surface area contributed by atoms with Gasteiger partial charge in [-0.15, -0.1) is 93.9 Å². The molecule has 0 amide bonds. The molecule has 4 heteroatoms. The number of hydrogen-bond donors (Lipinski definition) is 0. The van der Waals surface area contributed by atoms with E-state index in [1.807, 2.05) is 0 Å². The van der Waals surface area contributed by atoms with Crippen LogP contribution in [0.25, 0.3) is 65.3 Å². The molecule has 0 aromatic heterocycles. The van der Waals surface area contributed by atoms with E-state index in [1.165, 1.54) is 76.5 Å². The van der Waals surface area contributed by atoms with Crippen LogP contribution >= 0.6 is 24.8 Å². The third-order valence-electron chi connectivity index (χ3n) is 8.60. The summed E-state index contributed by atoms with van der Waals surface area (Å²) in [6, 6.07) is 52.9. The molecule has 0 aliphatic rings. The van der Waals surface area contributed by atoms with Gasteiger partial charge in [0.15, 0.2) is 0 Å². The van der Waals surface area contributed by atoms with Gasteiger partial charge in [0.2, 0.25) is 0 Å². The van der Waals surface area contributed by atoms with E-state index in [4.69, 9.17) is 0 Å². The molecule has 8 aromatic carbocycles. The zero-order valence-corrected chi connectivity index (χ0v) is 32.3. The van der Waals surface area contributed by atoms with Crippen molar-refractivity contribution in [2.75, 3.05) is 0 Å². The van der Waals surface area contributed by atoms with Crippen molar-refractivity contribution >= 4 is 74.1 Å². The van der Waals surface area contributed by atoms with Gasteiger partial charge in [-0.1, -0.05) is 122 Å². The quantitative estimate of drug-likeness (QED) is 0.126. The Morgan fingerprint density at radius 3 is 1.15 bits per heavy atom. The van der Waals surface area contributed by atoms with Crippen molar-refractivity contribution in [1.82, 2.24) is 0 Å². The molecule has 0 saturated carbocycles. The molecular weight excluding hydrogens is 675 g/mol. The van der Waals surface area contributed by atoms with Crippen molar-refractivity contribution in [1.29, 1.82) is 0 Å². The maximum atomic E-state index is 2.34. The molecule has 8 aromatic rings. The predicted molar refractivity (Wildman–Crippen MR) is 216 cm³/mol. The fourth-order valence-electron chi connectivity index (χ4n) is 6.39. The summed E-state index contributed by atoms with van der Waals surface area (Å²) in [5, 5.41) is 10.7. The van der Waals surface area contributed by atoms with Crippen LogP contribution in [0, 0.1) is 0 Å². The molecule has 0 heterocycles. The fraction of sp³-hybridized carbons (Fsp3) is 0.136. The Morgan fingerprint density at radius 2 is 0.771 bits per heavy atom. The van der Waals surface area contributed by atoms with E-state index in [0.717, 1.165) is 12.8 Å². The van der Waals surface area contributed by atoms with E-state index in [9.17, 15) is 0 Å². The molecular formula is C44H42Cl2SiTi. The second kappa shape index (κ2) is 17.3. The van der Waals surface area contributed by atoms with Gasteiger partial charge in [0, 0.05) is 0 Å². The van der Waals surface area contributed by atoms with Crippen LogP contribution < -0.4 is 0 Å². The average Bonchev–Trinajstić information content (AvgIpc) is 3.72. The third kappa shape index (κ3) is 8.23. The van der Waals surface area contributed by atoms with E-state index in [-0.39, 0.29) is 31.0 Å². The minimum absolute atomic E-state index is 0. The van der Waals surface area contributed by atoms with Gasteiger partial charge in [0.05, 0.1) is 0 Å². The van der Waals surface area contributed by atoms with Crippen LogP contribution in [-0.4, -0.2) is 6.19 Å². The molecule has 0 bridgehead atoms. The van der Waals surface area contributed by atoms with Crippen LogP contribution in [0.5, 0.6) is 0 Å². The molecule has 48 heavy (non-hydrogen) atoms. The second-order valence-electron chi connectivity index (χ2n) is 12.1. The first kappa shape index (κ1) is 37.4. The Bertz CT molecular complexity index is 2120. The van der Waals surface area contributed by atoms with E-state index >= 15 is 0 Å². The largest absolute Gasteiger partial charge is 0.147 e. The van der Waals surface area contributed by atoms with Gasteiger partial charge in [-0.2, -0.15) is 12.1 Å². The number of hydrogen-bond acceptors (Lipinski definition) is 0. The van der Waals surface area contributed by atoms with Crippen LogP contribution in [0.4, 0.5) is 0 Å². The van der Waals surface area contributed by atoms with E-state index < -0.39 is 0 Å². The standard InChI is InChI=1S/2C21H17.C2H6Si.2ClH.Ti/c2*1-2-15-13-17-9-6-12-20(21(17)14-15)19-11-5-8-16-7-3-4-10-18(16)19;1-3-2;;;/h2*3-14H,2H2,1H3;1-2H3;2*1H;/q2*-1;;;;+2. The third-order valence-corrected chi connectivity index (χ3v) is 8.60. The van der Waals surface area contributed by atoms with Crippen LogP contribution in [-0.2, 0) is 32.0 Å². The topological polar surface area (TPSA) is 0 Å². The molecule has 0 unspecified atom stereocenters. The molecule has 8 rings (SSSR count). The molecule has 0 saturated heterocycles. The summed E-state index contributed by atoms with van der Waals surface area (Å²) in [6.07, 6.45) is 2.29. The summed E-state index contributed by atoms with van der Waals surface area (Å²) in [5.41, 5.74) is 8.15. The predicted octanol–water partition coefficient (Wildman–Crippen LogP) is 13.5. The average molecular weight is 718 g/mol. The molecule has 0 atom stereocenters. The van der Waals surface area contributed by atoms with Gasteiger partial charge >= 0.3 is 38.5 Å². The first-order valence-corrected chi connectivity index (χ1v) is 21.2. The summed E-state index contributed by atoms with van der Waals surface area (Å²) >= 11 is 2.27. The van der Waals surface area contributed by atoms with E-state index in [2.05, 4.69) is 192 Å². The summed E-state index contributed by atoms with van der Waals surface area (Å²) in [4.78, 5) is 0. The zero-order valence-electron chi connectivity index (χ0n) is 28.1. The second-order valence-corrected chi connectivity index (χ2v) is 18.8. The van der Waals surface area contributed by atoms with E-state index in [0.29, 0.717) is 0 Å². The molecule has 0 spiro atoms. The SMILES string of the molecule is CCc1cc2c(-c3cccc4ccccc34)cccc2[cH-]1.CCc1cc2c(-c3cccc4ccccc34)cccc2[cH-]1.C[Si](C)=[Ti+2].Cl.Cl. The Labute approximate surface area is 310 Å². The maximum absolute atomic E-state index is 2.34. The Kier molecular flexibility index (Phi) is 13.5. The van der Waals surface area contributed by atoms with Crippen molar-refractivity contribution in [3.05, 3.63) is 157 Å². The van der Waals surface area contributed by atoms with Crippen molar-refractivity contribution in [3.8, 4) is 22.3 Å². The van der Waals surface area contributed by atoms with Gasteiger partial charge in [-0.3, -0.25) is 0 Å². The maximum Gasteiger partial charge on any atom is -0.147 e. The molecule has 0 nitrogen and oxygen atoms in total. The number of aryl methyl sites for hydroxylation is 2. The minimum atomic E-state index is 0. The number of fused-ring (bicyclic) bond motifs is 4. The first-order chi connectivity index (χ1) is 22.5. The molecule has 240 valence electrons. The van der Waals surface area contributed by atoms with Gasteiger partial charge in [0.25, 0.3) is 0 Å². The summed E-state index contributed by atoms with van der Waals surface area (Å²) in [6.45, 7) is 8.97. The van der Waals surface area contributed by atoms with Crippen LogP contribution in [0.3, 0.4) is 0 Å².